The molecule has 0 radical (unpaired) electrons. The van der Waals surface area contributed by atoms with E-state index in [-0.39, 0.29) is 0 Å². The van der Waals surface area contributed by atoms with Crippen LogP contribution in [0.2, 0.25) is 0 Å². The first-order valence-corrected chi connectivity index (χ1v) is 5.98. The van der Waals surface area contributed by atoms with Gasteiger partial charge in [0.25, 0.3) is 0 Å². The number of nitrogens with zero attached hydrogens (tertiary/aromatic N) is 4. The third kappa shape index (κ3) is 3.17. The van der Waals surface area contributed by atoms with Crippen LogP contribution in [0, 0.1) is 0 Å². The molecule has 0 aromatic carbocycles. The Kier molecular flexibility index (Phi) is 3.93. The molecule has 0 atom stereocenters. The van der Waals surface area contributed by atoms with E-state index in [1.165, 1.54) is 5.69 Å². The summed E-state index contributed by atoms with van der Waals surface area (Å²) in [5.74, 6) is 0. The van der Waals surface area contributed by atoms with E-state index in [4.69, 9.17) is 0 Å². The Bertz CT molecular complexity index is 457. The molecule has 0 aliphatic heterocycles. The molecule has 92 valence electrons. The van der Waals surface area contributed by atoms with Gasteiger partial charge in [-0.1, -0.05) is 6.92 Å². The molecule has 0 aliphatic rings. The highest BCUT2D eigenvalue weighted by molar-refractivity contribution is 5.01. The maximum absolute atomic E-state index is 4.32. The molecule has 2 aromatic rings. The lowest BCUT2D eigenvalue weighted by Crippen LogP contribution is -2.16. The van der Waals surface area contributed by atoms with Crippen molar-refractivity contribution in [2.45, 2.75) is 33.0 Å². The molecule has 0 amide bonds. The maximum Gasteiger partial charge on any atom is 0.0948 e. The minimum atomic E-state index is 0.790. The van der Waals surface area contributed by atoms with Crippen LogP contribution in [0.4, 0.5) is 0 Å². The minimum absolute atomic E-state index is 0.790. The van der Waals surface area contributed by atoms with Crippen molar-refractivity contribution in [2.24, 2.45) is 7.05 Å². The highest BCUT2D eigenvalue weighted by Gasteiger charge is 2.01. The molecule has 0 bridgehead atoms. The van der Waals surface area contributed by atoms with Gasteiger partial charge in [0.15, 0.2) is 0 Å². The van der Waals surface area contributed by atoms with Crippen molar-refractivity contribution < 1.29 is 0 Å². The summed E-state index contributed by atoms with van der Waals surface area (Å²) in [6.07, 6.45) is 6.89. The van der Waals surface area contributed by atoms with E-state index in [9.17, 15) is 0 Å². The summed E-state index contributed by atoms with van der Waals surface area (Å²) in [5, 5.41) is 7.70. The van der Waals surface area contributed by atoms with E-state index in [1.807, 2.05) is 36.5 Å². The van der Waals surface area contributed by atoms with E-state index in [0.29, 0.717) is 0 Å². The second-order valence-corrected chi connectivity index (χ2v) is 4.16. The van der Waals surface area contributed by atoms with Gasteiger partial charge in [-0.3, -0.25) is 4.68 Å². The van der Waals surface area contributed by atoms with Gasteiger partial charge >= 0.3 is 0 Å². The molecule has 17 heavy (non-hydrogen) atoms. The maximum atomic E-state index is 4.32. The van der Waals surface area contributed by atoms with Gasteiger partial charge in [-0.15, -0.1) is 0 Å². The van der Waals surface area contributed by atoms with Crippen LogP contribution in [-0.2, 0) is 26.7 Å². The van der Waals surface area contributed by atoms with Crippen LogP contribution in [0.1, 0.15) is 24.7 Å². The molecule has 0 saturated carbocycles. The number of nitrogens with one attached hydrogen (secondary N) is 1. The van der Waals surface area contributed by atoms with E-state index in [2.05, 4.69) is 26.9 Å². The Morgan fingerprint density at radius 2 is 2.24 bits per heavy atom. The number of rotatable bonds is 6. The molecule has 2 rings (SSSR count). The lowest BCUT2D eigenvalue weighted by Gasteiger charge is -2.07. The first kappa shape index (κ1) is 11.9. The van der Waals surface area contributed by atoms with Crippen molar-refractivity contribution in [1.29, 1.82) is 0 Å². The topological polar surface area (TPSA) is 47.7 Å². The van der Waals surface area contributed by atoms with Crippen molar-refractivity contribution >= 4 is 0 Å². The molecular weight excluding hydrogens is 214 g/mol. The highest BCUT2D eigenvalue weighted by atomic mass is 15.3. The van der Waals surface area contributed by atoms with Crippen LogP contribution in [0.3, 0.4) is 0 Å². The fraction of sp³-hybridized carbons (Fsp3) is 0.500. The Labute approximate surface area is 101 Å². The van der Waals surface area contributed by atoms with Gasteiger partial charge in [0.1, 0.15) is 0 Å². The summed E-state index contributed by atoms with van der Waals surface area (Å²) in [5.41, 5.74) is 2.29. The fourth-order valence-corrected chi connectivity index (χ4v) is 1.81. The fourth-order valence-electron chi connectivity index (χ4n) is 1.81. The van der Waals surface area contributed by atoms with E-state index >= 15 is 0 Å². The zero-order valence-corrected chi connectivity index (χ0v) is 10.4. The number of aryl methyl sites for hydroxylation is 2. The van der Waals surface area contributed by atoms with Crippen LogP contribution in [0.5, 0.6) is 0 Å². The molecule has 0 fully saturated rings. The standard InChI is InChI=1S/C12H19N5/c1-3-5-17-10-14-9-12(17)8-13-7-11-4-6-16(2)15-11/h4,6,9-10,13H,3,5,7-8H2,1-2H3. The first-order chi connectivity index (χ1) is 8.29. The zero-order chi connectivity index (χ0) is 12.1. The number of aromatic nitrogens is 4. The first-order valence-electron chi connectivity index (χ1n) is 5.98. The summed E-state index contributed by atoms with van der Waals surface area (Å²) in [7, 11) is 1.93. The van der Waals surface area contributed by atoms with E-state index in [1.54, 1.807) is 0 Å². The predicted molar refractivity (Wildman–Crippen MR) is 66.3 cm³/mol. The second-order valence-electron chi connectivity index (χ2n) is 4.16. The molecule has 5 nitrogen and oxygen atoms in total. The quantitative estimate of drug-likeness (QED) is 0.818. The lowest BCUT2D eigenvalue weighted by molar-refractivity contribution is 0.593. The molecule has 0 saturated heterocycles. The van der Waals surface area contributed by atoms with Gasteiger partial charge in [0.05, 0.1) is 17.7 Å². The van der Waals surface area contributed by atoms with Crippen molar-refractivity contribution in [3.63, 3.8) is 0 Å². The second kappa shape index (κ2) is 5.63. The van der Waals surface area contributed by atoms with Gasteiger partial charge in [0.2, 0.25) is 0 Å². The van der Waals surface area contributed by atoms with Crippen LogP contribution < -0.4 is 5.32 Å². The molecule has 0 spiro atoms. The van der Waals surface area contributed by atoms with Crippen LogP contribution in [0.15, 0.2) is 24.8 Å². The van der Waals surface area contributed by atoms with Crippen LogP contribution >= 0.6 is 0 Å². The molecule has 5 heteroatoms. The summed E-state index contributed by atoms with van der Waals surface area (Å²) < 4.78 is 4.00. The zero-order valence-electron chi connectivity index (χ0n) is 10.4. The highest BCUT2D eigenvalue weighted by Crippen LogP contribution is 2.01. The van der Waals surface area contributed by atoms with Gasteiger partial charge < -0.3 is 9.88 Å². The van der Waals surface area contributed by atoms with Gasteiger partial charge in [0, 0.05) is 39.1 Å². The van der Waals surface area contributed by atoms with Gasteiger partial charge in [-0.25, -0.2) is 4.98 Å². The number of hydrogen-bond donors (Lipinski definition) is 1. The average molecular weight is 233 g/mol. The van der Waals surface area contributed by atoms with E-state index in [0.717, 1.165) is 31.7 Å². The number of imidazole rings is 1. The molecule has 0 unspecified atom stereocenters. The predicted octanol–water partition coefficient (Wildman–Crippen LogP) is 1.32. The summed E-state index contributed by atoms with van der Waals surface area (Å²) in [6.45, 7) is 4.82. The average Bonchev–Trinajstić information content (AvgIpc) is 2.90. The molecular formula is C12H19N5. The van der Waals surface area contributed by atoms with Crippen molar-refractivity contribution in [1.82, 2.24) is 24.6 Å². The van der Waals surface area contributed by atoms with Crippen molar-refractivity contribution in [3.05, 3.63) is 36.2 Å². The van der Waals surface area contributed by atoms with Crippen molar-refractivity contribution in [2.75, 3.05) is 0 Å². The minimum Gasteiger partial charge on any atom is -0.333 e. The third-order valence-corrected chi connectivity index (χ3v) is 2.64. The lowest BCUT2D eigenvalue weighted by atomic mass is 10.4. The summed E-state index contributed by atoms with van der Waals surface area (Å²) in [4.78, 5) is 4.17. The normalized spacial score (nSPS) is 10.9. The van der Waals surface area contributed by atoms with Crippen molar-refractivity contribution in [3.8, 4) is 0 Å². The Morgan fingerprint density at radius 1 is 1.35 bits per heavy atom. The molecule has 2 aromatic heterocycles. The third-order valence-electron chi connectivity index (χ3n) is 2.64. The number of hydrogen-bond acceptors (Lipinski definition) is 3. The Morgan fingerprint density at radius 3 is 2.94 bits per heavy atom. The Balaban J connectivity index is 1.83. The van der Waals surface area contributed by atoms with Crippen LogP contribution in [0.25, 0.3) is 0 Å². The Hall–Kier alpha value is -1.62. The largest absolute Gasteiger partial charge is 0.333 e. The summed E-state index contributed by atoms with van der Waals surface area (Å²) >= 11 is 0. The molecule has 0 aliphatic carbocycles. The van der Waals surface area contributed by atoms with Gasteiger partial charge in [-0.05, 0) is 12.5 Å². The monoisotopic (exact) mass is 233 g/mol. The van der Waals surface area contributed by atoms with Gasteiger partial charge in [-0.2, -0.15) is 5.10 Å². The van der Waals surface area contributed by atoms with E-state index < -0.39 is 0 Å². The SMILES string of the molecule is CCCn1cncc1CNCc1ccn(C)n1. The van der Waals surface area contributed by atoms with Crippen LogP contribution in [-0.4, -0.2) is 19.3 Å². The smallest absolute Gasteiger partial charge is 0.0948 e. The molecule has 1 N–H and O–H groups in total. The molecule has 2 heterocycles. The summed E-state index contributed by atoms with van der Waals surface area (Å²) in [6, 6.07) is 2.02.